The highest BCUT2D eigenvalue weighted by Gasteiger charge is 2.16. The maximum absolute atomic E-state index is 13.3. The Morgan fingerprint density at radius 3 is 2.65 bits per heavy atom. The quantitative estimate of drug-likeness (QED) is 0.663. The van der Waals surface area contributed by atoms with E-state index in [1.165, 1.54) is 10.5 Å². The van der Waals surface area contributed by atoms with Crippen LogP contribution in [-0.4, -0.2) is 9.38 Å². The molecule has 0 N–H and O–H groups in total. The molecule has 0 unspecified atom stereocenters. The van der Waals surface area contributed by atoms with Crippen LogP contribution in [0.2, 0.25) is 0 Å². The molecule has 4 nitrogen and oxygen atoms in total. The molecule has 0 aliphatic heterocycles. The third-order valence-corrected chi connectivity index (χ3v) is 3.02. The summed E-state index contributed by atoms with van der Waals surface area (Å²) in [6.07, 6.45) is 1.71. The number of imidazole rings is 1. The van der Waals surface area contributed by atoms with Gasteiger partial charge >= 0.3 is 0 Å². The second-order valence-electron chi connectivity index (χ2n) is 4.44. The molecule has 3 rings (SSSR count). The molecule has 0 aliphatic rings. The second-order valence-corrected chi connectivity index (χ2v) is 4.44. The lowest BCUT2D eigenvalue weighted by molar-refractivity contribution is 0.509. The molecule has 0 saturated carbocycles. The standard InChI is InChI=1S/C14H9F2N3O/c1-8-2-5-12-17-13(14(18-20)19(12)7-8)9-3-4-10(15)11(16)6-9/h2-7H,1H3. The van der Waals surface area contributed by atoms with E-state index >= 15 is 0 Å². The van der Waals surface area contributed by atoms with Gasteiger partial charge < -0.3 is 0 Å². The van der Waals surface area contributed by atoms with E-state index in [1.54, 1.807) is 12.3 Å². The summed E-state index contributed by atoms with van der Waals surface area (Å²) in [6, 6.07) is 6.92. The van der Waals surface area contributed by atoms with Crippen molar-refractivity contribution in [3.63, 3.8) is 0 Å². The second kappa shape index (κ2) is 4.48. The van der Waals surface area contributed by atoms with Gasteiger partial charge in [-0.1, -0.05) is 6.07 Å². The van der Waals surface area contributed by atoms with Gasteiger partial charge in [0.2, 0.25) is 5.82 Å². The highest BCUT2D eigenvalue weighted by Crippen LogP contribution is 2.31. The van der Waals surface area contributed by atoms with E-state index in [0.717, 1.165) is 17.7 Å². The van der Waals surface area contributed by atoms with Crippen molar-refractivity contribution in [2.45, 2.75) is 6.92 Å². The van der Waals surface area contributed by atoms with E-state index in [2.05, 4.69) is 10.2 Å². The number of benzene rings is 1. The number of rotatable bonds is 2. The molecule has 0 bridgehead atoms. The van der Waals surface area contributed by atoms with Crippen LogP contribution in [0.5, 0.6) is 0 Å². The summed E-state index contributed by atoms with van der Waals surface area (Å²) in [5, 5.41) is 2.96. The van der Waals surface area contributed by atoms with Crippen molar-refractivity contribution in [2.24, 2.45) is 5.18 Å². The molecular weight excluding hydrogens is 264 g/mol. The van der Waals surface area contributed by atoms with Crippen molar-refractivity contribution < 1.29 is 8.78 Å². The van der Waals surface area contributed by atoms with Gasteiger partial charge in [-0.3, -0.25) is 4.40 Å². The van der Waals surface area contributed by atoms with Crippen molar-refractivity contribution >= 4 is 11.5 Å². The maximum atomic E-state index is 13.3. The molecule has 0 aliphatic carbocycles. The van der Waals surface area contributed by atoms with Gasteiger partial charge in [-0.25, -0.2) is 13.8 Å². The predicted octanol–water partition coefficient (Wildman–Crippen LogP) is 3.99. The summed E-state index contributed by atoms with van der Waals surface area (Å²) in [5.41, 5.74) is 1.98. The van der Waals surface area contributed by atoms with Crippen molar-refractivity contribution in [1.29, 1.82) is 0 Å². The van der Waals surface area contributed by atoms with Crippen molar-refractivity contribution in [2.75, 3.05) is 0 Å². The van der Waals surface area contributed by atoms with Gasteiger partial charge in [0.1, 0.15) is 11.3 Å². The summed E-state index contributed by atoms with van der Waals surface area (Å²) in [7, 11) is 0. The van der Waals surface area contributed by atoms with Crippen LogP contribution in [-0.2, 0) is 0 Å². The largest absolute Gasteiger partial charge is 0.281 e. The number of aromatic nitrogens is 2. The first kappa shape index (κ1) is 12.4. The van der Waals surface area contributed by atoms with E-state index in [4.69, 9.17) is 0 Å². The Kier molecular flexibility index (Phi) is 2.78. The molecule has 1 aromatic carbocycles. The Labute approximate surface area is 112 Å². The number of fused-ring (bicyclic) bond motifs is 1. The van der Waals surface area contributed by atoms with Gasteiger partial charge in [0, 0.05) is 11.8 Å². The number of pyridine rings is 1. The fourth-order valence-electron chi connectivity index (χ4n) is 2.06. The van der Waals surface area contributed by atoms with Crippen LogP contribution in [0.3, 0.4) is 0 Å². The Morgan fingerprint density at radius 1 is 1.15 bits per heavy atom. The van der Waals surface area contributed by atoms with E-state index in [0.29, 0.717) is 11.2 Å². The fourth-order valence-corrected chi connectivity index (χ4v) is 2.06. The molecule has 0 radical (unpaired) electrons. The minimum atomic E-state index is -0.993. The molecule has 100 valence electrons. The summed E-state index contributed by atoms with van der Waals surface area (Å²) >= 11 is 0. The lowest BCUT2D eigenvalue weighted by atomic mass is 10.1. The van der Waals surface area contributed by atoms with Crippen molar-refractivity contribution in [1.82, 2.24) is 9.38 Å². The van der Waals surface area contributed by atoms with Gasteiger partial charge in [-0.2, -0.15) is 0 Å². The Balaban J connectivity index is 2.30. The van der Waals surface area contributed by atoms with Gasteiger partial charge in [-0.15, -0.1) is 4.91 Å². The molecule has 0 spiro atoms. The lowest BCUT2D eigenvalue weighted by Gasteiger charge is -1.99. The number of hydrogen-bond acceptors (Lipinski definition) is 3. The Hall–Kier alpha value is -2.63. The topological polar surface area (TPSA) is 46.7 Å². The first-order chi connectivity index (χ1) is 9.60. The lowest BCUT2D eigenvalue weighted by Crippen LogP contribution is -1.86. The normalized spacial score (nSPS) is 10.9. The molecular formula is C14H9F2N3O. The molecule has 0 saturated heterocycles. The van der Waals surface area contributed by atoms with Crippen LogP contribution in [0.15, 0.2) is 41.7 Å². The van der Waals surface area contributed by atoms with Crippen molar-refractivity contribution in [3.05, 3.63) is 58.6 Å². The summed E-state index contributed by atoms with van der Waals surface area (Å²) in [4.78, 5) is 15.3. The molecule has 20 heavy (non-hydrogen) atoms. The zero-order valence-electron chi connectivity index (χ0n) is 10.5. The van der Waals surface area contributed by atoms with Crippen LogP contribution < -0.4 is 0 Å². The number of hydrogen-bond donors (Lipinski definition) is 0. The number of nitroso groups, excluding NO2 is 1. The minimum absolute atomic E-state index is 0.0645. The molecule has 0 atom stereocenters. The van der Waals surface area contributed by atoms with E-state index in [9.17, 15) is 13.7 Å². The highest BCUT2D eigenvalue weighted by atomic mass is 19.2. The monoisotopic (exact) mass is 273 g/mol. The molecule has 0 fully saturated rings. The Morgan fingerprint density at radius 2 is 1.95 bits per heavy atom. The maximum Gasteiger partial charge on any atom is 0.209 e. The highest BCUT2D eigenvalue weighted by molar-refractivity contribution is 5.74. The first-order valence-corrected chi connectivity index (χ1v) is 5.87. The summed E-state index contributed by atoms with van der Waals surface area (Å²) in [5.74, 6) is -1.88. The molecule has 6 heteroatoms. The fraction of sp³-hybridized carbons (Fsp3) is 0.0714. The van der Waals surface area contributed by atoms with E-state index < -0.39 is 11.6 Å². The summed E-state index contributed by atoms with van der Waals surface area (Å²) < 4.78 is 27.8. The van der Waals surface area contributed by atoms with E-state index in [1.807, 2.05) is 13.0 Å². The third-order valence-electron chi connectivity index (χ3n) is 3.02. The number of halogens is 2. The van der Waals surface area contributed by atoms with Gasteiger partial charge in [0.25, 0.3) is 0 Å². The predicted molar refractivity (Wildman–Crippen MR) is 70.7 cm³/mol. The third kappa shape index (κ3) is 1.85. The Bertz CT molecular complexity index is 827. The molecule has 0 amide bonds. The van der Waals surface area contributed by atoms with E-state index in [-0.39, 0.29) is 11.5 Å². The van der Waals surface area contributed by atoms with Crippen LogP contribution in [0.25, 0.3) is 16.9 Å². The van der Waals surface area contributed by atoms with Crippen LogP contribution >= 0.6 is 0 Å². The van der Waals surface area contributed by atoms with Crippen molar-refractivity contribution in [3.8, 4) is 11.3 Å². The average Bonchev–Trinajstić information content (AvgIpc) is 2.79. The van der Waals surface area contributed by atoms with Gasteiger partial charge in [0.05, 0.1) is 0 Å². The van der Waals surface area contributed by atoms with Crippen LogP contribution in [0.4, 0.5) is 14.6 Å². The minimum Gasteiger partial charge on any atom is -0.281 e. The molecule has 2 heterocycles. The van der Waals surface area contributed by atoms with Crippen LogP contribution in [0.1, 0.15) is 5.56 Å². The SMILES string of the molecule is Cc1ccc2nc(-c3ccc(F)c(F)c3)c(N=O)n2c1. The first-order valence-electron chi connectivity index (χ1n) is 5.87. The van der Waals surface area contributed by atoms with Gasteiger partial charge in [0.15, 0.2) is 11.6 Å². The number of aryl methyl sites for hydroxylation is 1. The van der Waals surface area contributed by atoms with Gasteiger partial charge in [-0.05, 0) is 41.9 Å². The molecule has 3 aromatic rings. The average molecular weight is 273 g/mol. The summed E-state index contributed by atoms with van der Waals surface area (Å²) in [6.45, 7) is 1.87. The van der Waals surface area contributed by atoms with Crippen LogP contribution in [0, 0.1) is 23.5 Å². The smallest absolute Gasteiger partial charge is 0.209 e. The zero-order valence-corrected chi connectivity index (χ0v) is 10.5. The molecule has 2 aromatic heterocycles. The number of nitrogens with zero attached hydrogens (tertiary/aromatic N) is 3. The zero-order chi connectivity index (χ0) is 14.3.